The van der Waals surface area contributed by atoms with E-state index in [2.05, 4.69) is 9.97 Å². The van der Waals surface area contributed by atoms with Gasteiger partial charge in [-0.25, -0.2) is 4.98 Å². The number of methoxy groups -OCH3 is 1. The van der Waals surface area contributed by atoms with Crippen molar-refractivity contribution >= 4 is 17.5 Å². The lowest BCUT2D eigenvalue weighted by molar-refractivity contribution is 0.397. The van der Waals surface area contributed by atoms with E-state index >= 15 is 0 Å². The van der Waals surface area contributed by atoms with Crippen LogP contribution in [0.4, 0.5) is 5.95 Å². The quantitative estimate of drug-likeness (QED) is 0.724. The van der Waals surface area contributed by atoms with Crippen LogP contribution in [0.3, 0.4) is 0 Å². The van der Waals surface area contributed by atoms with E-state index < -0.39 is 0 Å². The normalized spacial score (nSPS) is 12.3. The summed E-state index contributed by atoms with van der Waals surface area (Å²) in [5, 5.41) is 0.165. The average molecular weight is 230 g/mol. The minimum Gasteiger partial charge on any atom is -0.481 e. The second-order valence-electron chi connectivity index (χ2n) is 3.39. The van der Waals surface area contributed by atoms with Gasteiger partial charge in [-0.3, -0.25) is 0 Å². The topological polar surface area (TPSA) is 38.2 Å². The molecule has 84 valence electrons. The Morgan fingerprint density at radius 1 is 1.60 bits per heavy atom. The number of anilines is 1. The molecule has 0 saturated heterocycles. The van der Waals surface area contributed by atoms with E-state index in [0.717, 1.165) is 13.0 Å². The molecule has 1 unspecified atom stereocenters. The van der Waals surface area contributed by atoms with E-state index in [1.54, 1.807) is 19.4 Å². The van der Waals surface area contributed by atoms with Crippen molar-refractivity contribution in [2.75, 3.05) is 25.6 Å². The minimum absolute atomic E-state index is 0.165. The molecule has 1 heterocycles. The molecule has 5 heteroatoms. The maximum Gasteiger partial charge on any atom is 0.228 e. The maximum absolute atomic E-state index is 5.88. The summed E-state index contributed by atoms with van der Waals surface area (Å²) < 4.78 is 5.03. The molecule has 0 aliphatic heterocycles. The molecule has 0 saturated carbocycles. The Balaban J connectivity index is 2.60. The lowest BCUT2D eigenvalue weighted by atomic mass is 10.3. The first-order valence-corrected chi connectivity index (χ1v) is 5.29. The van der Waals surface area contributed by atoms with Gasteiger partial charge in [0.1, 0.15) is 0 Å². The van der Waals surface area contributed by atoms with Crippen molar-refractivity contribution in [1.29, 1.82) is 0 Å². The third kappa shape index (κ3) is 3.91. The molecule has 0 amide bonds. The van der Waals surface area contributed by atoms with Crippen molar-refractivity contribution in [3.05, 3.63) is 12.3 Å². The SMILES string of the molecule is COc1ccnc(N(C)CCC(C)Cl)n1. The van der Waals surface area contributed by atoms with Gasteiger partial charge in [-0.1, -0.05) is 0 Å². The molecule has 0 N–H and O–H groups in total. The van der Waals surface area contributed by atoms with E-state index in [9.17, 15) is 0 Å². The first-order valence-electron chi connectivity index (χ1n) is 4.85. The summed E-state index contributed by atoms with van der Waals surface area (Å²) >= 11 is 5.88. The van der Waals surface area contributed by atoms with E-state index in [0.29, 0.717) is 11.8 Å². The van der Waals surface area contributed by atoms with Crippen LogP contribution in [-0.4, -0.2) is 36.0 Å². The fraction of sp³-hybridized carbons (Fsp3) is 0.600. The Kier molecular flexibility index (Phi) is 4.62. The van der Waals surface area contributed by atoms with Crippen molar-refractivity contribution in [3.63, 3.8) is 0 Å². The van der Waals surface area contributed by atoms with Crippen LogP contribution in [0.1, 0.15) is 13.3 Å². The van der Waals surface area contributed by atoms with Crippen LogP contribution >= 0.6 is 11.6 Å². The van der Waals surface area contributed by atoms with Gasteiger partial charge in [0.25, 0.3) is 0 Å². The zero-order valence-electron chi connectivity index (χ0n) is 9.27. The Labute approximate surface area is 95.2 Å². The molecular weight excluding hydrogens is 214 g/mol. The van der Waals surface area contributed by atoms with Crippen molar-refractivity contribution in [3.8, 4) is 5.88 Å². The molecule has 0 aliphatic carbocycles. The maximum atomic E-state index is 5.88. The van der Waals surface area contributed by atoms with E-state index in [4.69, 9.17) is 16.3 Å². The Morgan fingerprint density at radius 2 is 2.33 bits per heavy atom. The van der Waals surface area contributed by atoms with Crippen LogP contribution in [0.2, 0.25) is 0 Å². The van der Waals surface area contributed by atoms with Gasteiger partial charge < -0.3 is 9.64 Å². The standard InChI is InChI=1S/C10H16ClN3O/c1-8(11)5-7-14(2)10-12-6-4-9(13-10)15-3/h4,6,8H,5,7H2,1-3H3. The smallest absolute Gasteiger partial charge is 0.228 e. The Hall–Kier alpha value is -1.03. The number of rotatable bonds is 5. The average Bonchev–Trinajstić information content (AvgIpc) is 2.26. The molecule has 0 aliphatic rings. The van der Waals surface area contributed by atoms with Crippen LogP contribution in [0, 0.1) is 0 Å². The molecule has 1 atom stereocenters. The molecular formula is C10H16ClN3O. The largest absolute Gasteiger partial charge is 0.481 e. The van der Waals surface area contributed by atoms with Gasteiger partial charge in [-0.15, -0.1) is 11.6 Å². The third-order valence-electron chi connectivity index (χ3n) is 2.03. The summed E-state index contributed by atoms with van der Waals surface area (Å²) in [4.78, 5) is 10.3. The van der Waals surface area contributed by atoms with Crippen molar-refractivity contribution in [1.82, 2.24) is 9.97 Å². The van der Waals surface area contributed by atoms with Crippen LogP contribution < -0.4 is 9.64 Å². The lowest BCUT2D eigenvalue weighted by Crippen LogP contribution is -2.22. The fourth-order valence-electron chi connectivity index (χ4n) is 1.10. The highest BCUT2D eigenvalue weighted by atomic mass is 35.5. The zero-order valence-corrected chi connectivity index (χ0v) is 10.0. The van der Waals surface area contributed by atoms with Gasteiger partial charge in [0, 0.05) is 31.2 Å². The molecule has 1 aromatic heterocycles. The number of nitrogens with zero attached hydrogens (tertiary/aromatic N) is 3. The minimum atomic E-state index is 0.165. The van der Waals surface area contributed by atoms with E-state index in [1.807, 2.05) is 18.9 Å². The molecule has 0 radical (unpaired) electrons. The summed E-state index contributed by atoms with van der Waals surface area (Å²) in [7, 11) is 3.53. The van der Waals surface area contributed by atoms with Crippen LogP contribution in [-0.2, 0) is 0 Å². The van der Waals surface area contributed by atoms with Crippen molar-refractivity contribution in [2.45, 2.75) is 18.7 Å². The number of aromatic nitrogens is 2. The highest BCUT2D eigenvalue weighted by Crippen LogP contribution is 2.12. The highest BCUT2D eigenvalue weighted by Gasteiger charge is 2.06. The number of alkyl halides is 1. The Morgan fingerprint density at radius 3 is 2.93 bits per heavy atom. The van der Waals surface area contributed by atoms with Gasteiger partial charge >= 0.3 is 0 Å². The first kappa shape index (κ1) is 12.0. The molecule has 1 aromatic rings. The summed E-state index contributed by atoms with van der Waals surface area (Å²) in [5.74, 6) is 1.23. The molecule has 4 nitrogen and oxygen atoms in total. The summed E-state index contributed by atoms with van der Waals surface area (Å²) in [5.41, 5.74) is 0. The highest BCUT2D eigenvalue weighted by molar-refractivity contribution is 6.20. The predicted octanol–water partition coefficient (Wildman–Crippen LogP) is 1.94. The van der Waals surface area contributed by atoms with E-state index in [1.165, 1.54) is 0 Å². The number of ether oxygens (including phenoxy) is 1. The van der Waals surface area contributed by atoms with Gasteiger partial charge in [0.15, 0.2) is 0 Å². The van der Waals surface area contributed by atoms with Gasteiger partial charge in [0.2, 0.25) is 11.8 Å². The number of halogens is 1. The molecule has 15 heavy (non-hydrogen) atoms. The molecule has 0 fully saturated rings. The molecule has 0 aromatic carbocycles. The first-order chi connectivity index (χ1) is 7.13. The number of hydrogen-bond acceptors (Lipinski definition) is 4. The second kappa shape index (κ2) is 5.75. The van der Waals surface area contributed by atoms with Crippen LogP contribution in [0.25, 0.3) is 0 Å². The summed E-state index contributed by atoms with van der Waals surface area (Å²) in [6.07, 6.45) is 2.58. The van der Waals surface area contributed by atoms with Crippen molar-refractivity contribution in [2.24, 2.45) is 0 Å². The fourth-order valence-corrected chi connectivity index (χ4v) is 1.20. The molecule has 0 spiro atoms. The molecule has 0 bridgehead atoms. The van der Waals surface area contributed by atoms with Gasteiger partial charge in [-0.05, 0) is 13.3 Å². The predicted molar refractivity (Wildman–Crippen MR) is 61.8 cm³/mol. The summed E-state index contributed by atoms with van der Waals surface area (Å²) in [6, 6.07) is 1.72. The van der Waals surface area contributed by atoms with Crippen LogP contribution in [0.15, 0.2) is 12.3 Å². The second-order valence-corrected chi connectivity index (χ2v) is 4.14. The van der Waals surface area contributed by atoms with Crippen LogP contribution in [0.5, 0.6) is 5.88 Å². The molecule has 1 rings (SSSR count). The van der Waals surface area contributed by atoms with Gasteiger partial charge in [0.05, 0.1) is 7.11 Å². The zero-order chi connectivity index (χ0) is 11.3. The monoisotopic (exact) mass is 229 g/mol. The van der Waals surface area contributed by atoms with Crippen molar-refractivity contribution < 1.29 is 4.74 Å². The number of hydrogen-bond donors (Lipinski definition) is 0. The summed E-state index contributed by atoms with van der Waals surface area (Å²) in [6.45, 7) is 2.81. The van der Waals surface area contributed by atoms with Gasteiger partial charge in [-0.2, -0.15) is 4.98 Å². The lowest BCUT2D eigenvalue weighted by Gasteiger charge is -2.17. The van der Waals surface area contributed by atoms with E-state index in [-0.39, 0.29) is 5.38 Å². The third-order valence-corrected chi connectivity index (χ3v) is 2.25. The Bertz CT molecular complexity index is 306.